The first-order valence-corrected chi connectivity index (χ1v) is 10.1. The molecule has 3 aromatic rings. The molecular formula is C23H27N3O3. The van der Waals surface area contributed by atoms with E-state index < -0.39 is 6.10 Å². The number of β-amino-alcohol motifs (C(OH)–C–C–N with tert-alkyl or cyclic N) is 1. The van der Waals surface area contributed by atoms with Crippen LogP contribution in [0.4, 0.5) is 0 Å². The lowest BCUT2D eigenvalue weighted by Gasteiger charge is -2.40. The second-order valence-electron chi connectivity index (χ2n) is 7.80. The first-order valence-electron chi connectivity index (χ1n) is 10.1. The lowest BCUT2D eigenvalue weighted by molar-refractivity contribution is -0.00639. The van der Waals surface area contributed by atoms with E-state index in [1.807, 2.05) is 36.5 Å². The molecule has 0 aliphatic carbocycles. The van der Waals surface area contributed by atoms with Crippen LogP contribution in [0.1, 0.15) is 17.7 Å². The molecule has 2 atom stereocenters. The molecule has 152 valence electrons. The molecule has 0 spiro atoms. The Labute approximate surface area is 170 Å². The molecule has 6 heteroatoms. The number of aliphatic hydroxyl groups excluding tert-OH is 1. The van der Waals surface area contributed by atoms with Gasteiger partial charge >= 0.3 is 0 Å². The van der Waals surface area contributed by atoms with Crippen LogP contribution in [0.15, 0.2) is 64.1 Å². The number of rotatable bonds is 6. The van der Waals surface area contributed by atoms with Crippen molar-refractivity contribution in [3.05, 3.63) is 76.4 Å². The summed E-state index contributed by atoms with van der Waals surface area (Å²) >= 11 is 0. The minimum absolute atomic E-state index is 0.0101. The molecule has 3 heterocycles. The summed E-state index contributed by atoms with van der Waals surface area (Å²) in [6.07, 6.45) is 4.64. The molecule has 1 fully saturated rings. The molecule has 2 aromatic heterocycles. The largest absolute Gasteiger partial charge is 0.464 e. The van der Waals surface area contributed by atoms with E-state index in [2.05, 4.69) is 21.8 Å². The van der Waals surface area contributed by atoms with E-state index >= 15 is 0 Å². The zero-order valence-electron chi connectivity index (χ0n) is 16.7. The van der Waals surface area contributed by atoms with Crippen molar-refractivity contribution in [2.24, 2.45) is 0 Å². The van der Waals surface area contributed by atoms with Gasteiger partial charge in [0.1, 0.15) is 5.58 Å². The average Bonchev–Trinajstić information content (AvgIpc) is 2.75. The molecular weight excluding hydrogens is 366 g/mol. The van der Waals surface area contributed by atoms with E-state index in [-0.39, 0.29) is 11.5 Å². The highest BCUT2D eigenvalue weighted by molar-refractivity contribution is 5.76. The van der Waals surface area contributed by atoms with E-state index in [1.54, 1.807) is 18.4 Å². The maximum atomic E-state index is 12.7. The van der Waals surface area contributed by atoms with Crippen molar-refractivity contribution in [1.29, 1.82) is 0 Å². The molecule has 29 heavy (non-hydrogen) atoms. The molecule has 0 bridgehead atoms. The van der Waals surface area contributed by atoms with E-state index in [0.717, 1.165) is 31.6 Å². The van der Waals surface area contributed by atoms with Crippen LogP contribution in [0.25, 0.3) is 11.0 Å². The van der Waals surface area contributed by atoms with Crippen LogP contribution >= 0.6 is 0 Å². The molecule has 0 unspecified atom stereocenters. The number of aliphatic hydroxyl groups is 1. The number of piperidine rings is 1. The number of likely N-dealkylation sites (N-methyl/N-ethyl adjacent to an activating group) is 1. The number of fused-ring (bicyclic) bond motifs is 1. The number of benzene rings is 1. The van der Waals surface area contributed by atoms with E-state index in [0.29, 0.717) is 29.6 Å². The number of nitrogens with zero attached hydrogens (tertiary/aromatic N) is 3. The molecule has 4 rings (SSSR count). The Hall–Kier alpha value is -2.54. The fraction of sp³-hybridized carbons (Fsp3) is 0.391. The number of hydrogen-bond acceptors (Lipinski definition) is 6. The van der Waals surface area contributed by atoms with Gasteiger partial charge in [-0.3, -0.25) is 14.7 Å². The standard InChI is InChI=1S/C23H27N3O3/c1-25(12-9-18-6-4-5-11-24-18)20-10-13-26(15-21(20)27)14-17-16-29-22-8-3-2-7-19(22)23(17)28/h2-8,11,16,20-21,27H,9-10,12-15H2,1H3/t20-,21-/m1/s1. The molecule has 6 nitrogen and oxygen atoms in total. The molecule has 0 radical (unpaired) electrons. The normalized spacial score (nSPS) is 20.4. The minimum atomic E-state index is -0.454. The van der Waals surface area contributed by atoms with Crippen LogP contribution in [0.2, 0.25) is 0 Å². The topological polar surface area (TPSA) is 69.8 Å². The molecule has 1 aliphatic heterocycles. The summed E-state index contributed by atoms with van der Waals surface area (Å²) in [5, 5.41) is 11.3. The van der Waals surface area contributed by atoms with Crippen LogP contribution in [0.3, 0.4) is 0 Å². The van der Waals surface area contributed by atoms with E-state index in [4.69, 9.17) is 4.42 Å². The van der Waals surface area contributed by atoms with Gasteiger partial charge < -0.3 is 14.4 Å². The van der Waals surface area contributed by atoms with Gasteiger partial charge in [0, 0.05) is 56.1 Å². The van der Waals surface area contributed by atoms with Crippen LogP contribution in [0.5, 0.6) is 0 Å². The predicted molar refractivity (Wildman–Crippen MR) is 113 cm³/mol. The summed E-state index contributed by atoms with van der Waals surface area (Å²) < 4.78 is 5.62. The van der Waals surface area contributed by atoms with Crippen molar-refractivity contribution in [2.45, 2.75) is 31.5 Å². The SMILES string of the molecule is CN(CCc1ccccn1)[C@@H]1CCN(Cc2coc3ccccc3c2=O)C[C@H]1O. The van der Waals surface area contributed by atoms with Gasteiger partial charge in [0.2, 0.25) is 0 Å². The van der Waals surface area contributed by atoms with E-state index in [1.165, 1.54) is 0 Å². The number of aromatic nitrogens is 1. The zero-order chi connectivity index (χ0) is 20.2. The van der Waals surface area contributed by atoms with Crippen LogP contribution in [-0.4, -0.2) is 58.7 Å². The highest BCUT2D eigenvalue weighted by Crippen LogP contribution is 2.19. The third kappa shape index (κ3) is 4.56. The summed E-state index contributed by atoms with van der Waals surface area (Å²) in [7, 11) is 2.06. The summed E-state index contributed by atoms with van der Waals surface area (Å²) in [6.45, 7) is 2.73. The van der Waals surface area contributed by atoms with Crippen molar-refractivity contribution in [3.8, 4) is 0 Å². The Balaban J connectivity index is 1.35. The van der Waals surface area contributed by atoms with Gasteiger partial charge in [0.15, 0.2) is 5.43 Å². The van der Waals surface area contributed by atoms with Gasteiger partial charge in [0.05, 0.1) is 17.8 Å². The third-order valence-electron chi connectivity index (χ3n) is 5.79. The lowest BCUT2D eigenvalue weighted by atomic mass is 9.99. The highest BCUT2D eigenvalue weighted by atomic mass is 16.3. The van der Waals surface area contributed by atoms with E-state index in [9.17, 15) is 9.90 Å². The van der Waals surface area contributed by atoms with Crippen LogP contribution in [-0.2, 0) is 13.0 Å². The summed E-state index contributed by atoms with van der Waals surface area (Å²) in [5.74, 6) is 0. The second-order valence-corrected chi connectivity index (χ2v) is 7.80. The number of pyridine rings is 1. The summed E-state index contributed by atoms with van der Waals surface area (Å²) in [6, 6.07) is 13.4. The minimum Gasteiger partial charge on any atom is -0.464 e. The van der Waals surface area contributed by atoms with Gasteiger partial charge in [-0.1, -0.05) is 18.2 Å². The quantitative estimate of drug-likeness (QED) is 0.693. The second kappa shape index (κ2) is 8.86. The average molecular weight is 393 g/mol. The third-order valence-corrected chi connectivity index (χ3v) is 5.79. The fourth-order valence-electron chi connectivity index (χ4n) is 4.11. The highest BCUT2D eigenvalue weighted by Gasteiger charge is 2.30. The van der Waals surface area contributed by atoms with Gasteiger partial charge in [0.25, 0.3) is 0 Å². The Bertz CT molecular complexity index is 1000. The molecule has 1 N–H and O–H groups in total. The van der Waals surface area contributed by atoms with Gasteiger partial charge in [-0.15, -0.1) is 0 Å². The van der Waals surface area contributed by atoms with Crippen molar-refractivity contribution in [1.82, 2.24) is 14.8 Å². The number of likely N-dealkylation sites (tertiary alicyclic amines) is 1. The summed E-state index contributed by atoms with van der Waals surface area (Å²) in [5.41, 5.74) is 2.32. The lowest BCUT2D eigenvalue weighted by Crippen LogP contribution is -2.53. The van der Waals surface area contributed by atoms with Crippen molar-refractivity contribution in [2.75, 3.05) is 26.7 Å². The summed E-state index contributed by atoms with van der Waals surface area (Å²) in [4.78, 5) is 21.4. The Morgan fingerprint density at radius 2 is 2.07 bits per heavy atom. The molecule has 1 aliphatic rings. The molecule has 0 amide bonds. The van der Waals surface area contributed by atoms with Crippen molar-refractivity contribution < 1.29 is 9.52 Å². The maximum Gasteiger partial charge on any atom is 0.197 e. The zero-order valence-corrected chi connectivity index (χ0v) is 16.7. The Morgan fingerprint density at radius 1 is 1.24 bits per heavy atom. The van der Waals surface area contributed by atoms with Crippen molar-refractivity contribution >= 4 is 11.0 Å². The van der Waals surface area contributed by atoms with Crippen LogP contribution < -0.4 is 5.43 Å². The predicted octanol–water partition coefficient (Wildman–Crippen LogP) is 2.30. The van der Waals surface area contributed by atoms with Gasteiger partial charge in [-0.2, -0.15) is 0 Å². The fourth-order valence-corrected chi connectivity index (χ4v) is 4.11. The smallest absolute Gasteiger partial charge is 0.197 e. The van der Waals surface area contributed by atoms with Crippen molar-refractivity contribution in [3.63, 3.8) is 0 Å². The van der Waals surface area contributed by atoms with Gasteiger partial charge in [-0.25, -0.2) is 0 Å². The van der Waals surface area contributed by atoms with Gasteiger partial charge in [-0.05, 0) is 37.7 Å². The molecule has 1 aromatic carbocycles. The monoisotopic (exact) mass is 393 g/mol. The number of para-hydroxylation sites is 1. The van der Waals surface area contributed by atoms with Crippen LogP contribution in [0, 0.1) is 0 Å². The maximum absolute atomic E-state index is 12.7. The molecule has 1 saturated heterocycles. The first-order chi connectivity index (χ1) is 14.1. The Morgan fingerprint density at radius 3 is 2.86 bits per heavy atom. The first kappa shape index (κ1) is 19.8. The number of hydrogen-bond donors (Lipinski definition) is 1. The molecule has 0 saturated carbocycles. The Kier molecular flexibility index (Phi) is 6.04.